The fourth-order valence-electron chi connectivity index (χ4n) is 4.53. The van der Waals surface area contributed by atoms with E-state index in [2.05, 4.69) is 0 Å². The molecule has 0 aliphatic heterocycles. The molecular weight excluding hydrogens is 500 g/mol. The molecule has 6 aromatic rings. The molecule has 0 heterocycles. The zero-order valence-electron chi connectivity index (χ0n) is 20.9. The maximum Gasteiger partial charge on any atom is 0.124 e. The summed E-state index contributed by atoms with van der Waals surface area (Å²) in [5.74, 6) is 0.387. The van der Waals surface area contributed by atoms with E-state index >= 15 is 0 Å². The number of aromatic hydroxyl groups is 2. The van der Waals surface area contributed by atoms with Gasteiger partial charge >= 0.3 is 0 Å². The molecule has 2 N–H and O–H groups in total. The third kappa shape index (κ3) is 5.13. The summed E-state index contributed by atoms with van der Waals surface area (Å²) in [7, 11) is 0. The summed E-state index contributed by atoms with van der Waals surface area (Å²) in [6.07, 6.45) is 3.45. The van der Waals surface area contributed by atoms with Crippen molar-refractivity contribution in [3.05, 3.63) is 132 Å². The number of phenols is 2. The minimum absolute atomic E-state index is 0.193. The van der Waals surface area contributed by atoms with Gasteiger partial charge in [0.2, 0.25) is 0 Å². The summed E-state index contributed by atoms with van der Waals surface area (Å²) in [6, 6.07) is 38.9. The van der Waals surface area contributed by atoms with Gasteiger partial charge in [0.25, 0.3) is 0 Å². The molecule has 0 atom stereocenters. The van der Waals surface area contributed by atoms with Gasteiger partial charge in [-0.05, 0) is 57.9 Å². The van der Waals surface area contributed by atoms with Crippen molar-refractivity contribution >= 4 is 57.1 Å². The zero-order valence-corrected chi connectivity index (χ0v) is 21.7. The molecule has 39 heavy (non-hydrogen) atoms. The molecule has 0 aliphatic carbocycles. The van der Waals surface area contributed by atoms with Crippen LogP contribution in [0, 0.1) is 0 Å². The smallest absolute Gasteiger partial charge is 0.124 e. The van der Waals surface area contributed by atoms with E-state index in [-0.39, 0.29) is 11.5 Å². The highest BCUT2D eigenvalue weighted by Crippen LogP contribution is 2.40. The third-order valence-corrected chi connectivity index (χ3v) is 7.64. The second-order valence-corrected chi connectivity index (χ2v) is 10.1. The lowest BCUT2D eigenvalue weighted by Crippen LogP contribution is -1.87. The highest BCUT2D eigenvalue weighted by molar-refractivity contribution is 7.99. The quantitative estimate of drug-likeness (QED) is 0.214. The van der Waals surface area contributed by atoms with Gasteiger partial charge in [0.05, 0.1) is 11.4 Å². The summed E-state index contributed by atoms with van der Waals surface area (Å²) in [6.45, 7) is 0. The van der Waals surface area contributed by atoms with Crippen LogP contribution in [0.1, 0.15) is 11.1 Å². The molecule has 0 spiro atoms. The van der Waals surface area contributed by atoms with Gasteiger partial charge in [-0.1, -0.05) is 96.7 Å². The van der Waals surface area contributed by atoms with Crippen LogP contribution in [0.2, 0.25) is 0 Å². The first-order chi connectivity index (χ1) is 19.2. The Balaban J connectivity index is 1.33. The van der Waals surface area contributed by atoms with Gasteiger partial charge in [0.1, 0.15) is 11.5 Å². The van der Waals surface area contributed by atoms with Crippen LogP contribution in [0.4, 0.5) is 11.4 Å². The standard InChI is InChI=1S/C34H24N2O2S/c37-31-19-17-23-9-1-3-11-25(23)27(31)21-35-29-13-5-7-15-33(29)39-34-16-8-6-14-30(34)36-22-28-26-12-4-2-10-24(26)18-20-32(28)38/h1-22,37-38H. The molecule has 0 radical (unpaired) electrons. The van der Waals surface area contributed by atoms with Gasteiger partial charge in [-0.15, -0.1) is 0 Å². The van der Waals surface area contributed by atoms with E-state index in [0.717, 1.165) is 42.7 Å². The molecule has 0 saturated carbocycles. The van der Waals surface area contributed by atoms with Crippen LogP contribution in [-0.2, 0) is 0 Å². The first-order valence-electron chi connectivity index (χ1n) is 12.5. The predicted molar refractivity (Wildman–Crippen MR) is 163 cm³/mol. The van der Waals surface area contributed by atoms with E-state index in [0.29, 0.717) is 11.1 Å². The van der Waals surface area contributed by atoms with E-state index in [1.54, 1.807) is 36.3 Å². The molecule has 0 amide bonds. The fourth-order valence-corrected chi connectivity index (χ4v) is 5.51. The van der Waals surface area contributed by atoms with Gasteiger partial charge in [-0.3, -0.25) is 9.98 Å². The number of hydrogen-bond donors (Lipinski definition) is 2. The van der Waals surface area contributed by atoms with E-state index < -0.39 is 0 Å². The molecule has 0 unspecified atom stereocenters. The van der Waals surface area contributed by atoms with Crippen molar-refractivity contribution < 1.29 is 10.2 Å². The molecule has 0 saturated heterocycles. The van der Waals surface area contributed by atoms with Crippen LogP contribution in [-0.4, -0.2) is 22.6 Å². The Morgan fingerprint density at radius 3 is 1.36 bits per heavy atom. The van der Waals surface area contributed by atoms with Gasteiger partial charge in [0, 0.05) is 33.3 Å². The predicted octanol–water partition coefficient (Wildman–Crippen LogP) is 9.06. The highest BCUT2D eigenvalue weighted by Gasteiger charge is 2.10. The Morgan fingerprint density at radius 2 is 0.872 bits per heavy atom. The molecule has 0 aromatic heterocycles. The molecule has 5 heteroatoms. The highest BCUT2D eigenvalue weighted by atomic mass is 32.2. The SMILES string of the molecule is Oc1ccc2ccccc2c1C=Nc1ccccc1Sc1ccccc1N=Cc1c(O)ccc2ccccc12. The summed E-state index contributed by atoms with van der Waals surface area (Å²) < 4.78 is 0. The summed E-state index contributed by atoms with van der Waals surface area (Å²) in [4.78, 5) is 11.5. The number of para-hydroxylation sites is 2. The van der Waals surface area contributed by atoms with Crippen LogP contribution in [0.25, 0.3) is 21.5 Å². The average Bonchev–Trinajstić information content (AvgIpc) is 2.97. The Hall–Kier alpha value is -4.87. The van der Waals surface area contributed by atoms with Crippen LogP contribution >= 0.6 is 11.8 Å². The average molecular weight is 525 g/mol. The lowest BCUT2D eigenvalue weighted by atomic mass is 10.0. The Labute approximate surface area is 230 Å². The van der Waals surface area contributed by atoms with Crippen molar-refractivity contribution in [2.75, 3.05) is 0 Å². The Kier molecular flexibility index (Phi) is 6.81. The largest absolute Gasteiger partial charge is 0.507 e. The van der Waals surface area contributed by atoms with Crippen molar-refractivity contribution in [1.29, 1.82) is 0 Å². The van der Waals surface area contributed by atoms with Crippen molar-refractivity contribution in [3.8, 4) is 11.5 Å². The number of aliphatic imine (C=N–C) groups is 2. The topological polar surface area (TPSA) is 65.2 Å². The van der Waals surface area contributed by atoms with E-state index in [4.69, 9.17) is 9.98 Å². The number of benzene rings is 6. The van der Waals surface area contributed by atoms with E-state index in [9.17, 15) is 10.2 Å². The first-order valence-corrected chi connectivity index (χ1v) is 13.3. The van der Waals surface area contributed by atoms with Crippen LogP contribution in [0.5, 0.6) is 11.5 Å². The second-order valence-electron chi connectivity index (χ2n) is 8.99. The normalized spacial score (nSPS) is 11.7. The third-order valence-electron chi connectivity index (χ3n) is 6.51. The molecule has 188 valence electrons. The summed E-state index contributed by atoms with van der Waals surface area (Å²) >= 11 is 1.57. The Bertz CT molecular complexity index is 1740. The molecule has 0 fully saturated rings. The van der Waals surface area contributed by atoms with Crippen molar-refractivity contribution in [2.24, 2.45) is 9.98 Å². The van der Waals surface area contributed by atoms with Gasteiger partial charge in [0.15, 0.2) is 0 Å². The van der Waals surface area contributed by atoms with E-state index in [1.807, 2.05) is 109 Å². The molecule has 4 nitrogen and oxygen atoms in total. The minimum atomic E-state index is 0.193. The van der Waals surface area contributed by atoms with Crippen LogP contribution < -0.4 is 0 Å². The van der Waals surface area contributed by atoms with Crippen molar-refractivity contribution in [2.45, 2.75) is 9.79 Å². The minimum Gasteiger partial charge on any atom is -0.507 e. The second kappa shape index (κ2) is 10.9. The number of rotatable bonds is 6. The zero-order chi connectivity index (χ0) is 26.6. The van der Waals surface area contributed by atoms with Crippen molar-refractivity contribution in [3.63, 3.8) is 0 Å². The fraction of sp³-hybridized carbons (Fsp3) is 0. The van der Waals surface area contributed by atoms with Gasteiger partial charge < -0.3 is 10.2 Å². The number of phenolic OH excluding ortho intramolecular Hbond substituents is 2. The number of hydrogen-bond acceptors (Lipinski definition) is 5. The Morgan fingerprint density at radius 1 is 0.462 bits per heavy atom. The molecule has 0 aliphatic rings. The lowest BCUT2D eigenvalue weighted by molar-refractivity contribution is 0.475. The summed E-state index contributed by atoms with van der Waals surface area (Å²) in [5, 5.41) is 25.1. The van der Waals surface area contributed by atoms with Gasteiger partial charge in [-0.2, -0.15) is 0 Å². The van der Waals surface area contributed by atoms with Crippen LogP contribution in [0.15, 0.2) is 141 Å². The molecule has 6 rings (SSSR count). The first kappa shape index (κ1) is 24.5. The maximum atomic E-state index is 10.5. The summed E-state index contributed by atoms with van der Waals surface area (Å²) in [5.41, 5.74) is 2.96. The lowest BCUT2D eigenvalue weighted by Gasteiger charge is -2.09. The maximum absolute atomic E-state index is 10.5. The number of fused-ring (bicyclic) bond motifs is 2. The van der Waals surface area contributed by atoms with E-state index in [1.165, 1.54) is 0 Å². The van der Waals surface area contributed by atoms with Crippen molar-refractivity contribution in [1.82, 2.24) is 0 Å². The molecular formula is C34H24N2O2S. The number of nitrogens with zero attached hydrogens (tertiary/aromatic N) is 2. The van der Waals surface area contributed by atoms with Crippen LogP contribution in [0.3, 0.4) is 0 Å². The monoisotopic (exact) mass is 524 g/mol. The molecule has 6 aromatic carbocycles. The van der Waals surface area contributed by atoms with Gasteiger partial charge in [-0.25, -0.2) is 0 Å². The molecule has 0 bridgehead atoms.